The number of benzene rings is 1. The zero-order valence-corrected chi connectivity index (χ0v) is 13.7. The van der Waals surface area contributed by atoms with E-state index in [2.05, 4.69) is 16.7 Å². The van der Waals surface area contributed by atoms with Crippen LogP contribution < -0.4 is 0 Å². The Morgan fingerprint density at radius 1 is 1.33 bits per heavy atom. The predicted molar refractivity (Wildman–Crippen MR) is 88.5 cm³/mol. The van der Waals surface area contributed by atoms with Crippen LogP contribution in [0.5, 0.6) is 0 Å². The predicted octanol–water partition coefficient (Wildman–Crippen LogP) is 2.76. The molecule has 24 heavy (non-hydrogen) atoms. The van der Waals surface area contributed by atoms with Gasteiger partial charge in [-0.3, -0.25) is 9.69 Å². The van der Waals surface area contributed by atoms with Gasteiger partial charge in [-0.25, -0.2) is 4.39 Å². The van der Waals surface area contributed by atoms with Gasteiger partial charge in [0, 0.05) is 24.2 Å². The fraction of sp³-hybridized carbons (Fsp3) is 0.450. The molecule has 0 radical (unpaired) electrons. The maximum absolute atomic E-state index is 12.9. The first-order valence-corrected chi connectivity index (χ1v) is 8.47. The Morgan fingerprint density at radius 2 is 2.12 bits per heavy atom. The quantitative estimate of drug-likeness (QED) is 0.587. The third-order valence-corrected chi connectivity index (χ3v) is 5.70. The molecule has 5 unspecified atom stereocenters. The zero-order chi connectivity index (χ0) is 16.7. The summed E-state index contributed by atoms with van der Waals surface area (Å²) in [6, 6.07) is 7.13. The molecular formula is C20H20FNO2. The lowest BCUT2D eigenvalue weighted by molar-refractivity contribution is -0.153. The van der Waals surface area contributed by atoms with Crippen LogP contribution in [0.3, 0.4) is 0 Å². The first kappa shape index (κ1) is 15.4. The molecule has 0 amide bonds. The van der Waals surface area contributed by atoms with Crippen LogP contribution in [-0.2, 0) is 9.53 Å². The number of hydrogen-bond donors (Lipinski definition) is 0. The summed E-state index contributed by atoms with van der Waals surface area (Å²) in [5.41, 5.74) is 2.02. The largest absolute Gasteiger partial charge is 0.469 e. The van der Waals surface area contributed by atoms with E-state index >= 15 is 0 Å². The van der Waals surface area contributed by atoms with E-state index in [1.807, 2.05) is 6.08 Å². The third-order valence-electron chi connectivity index (χ3n) is 5.70. The van der Waals surface area contributed by atoms with Gasteiger partial charge in [0.25, 0.3) is 0 Å². The summed E-state index contributed by atoms with van der Waals surface area (Å²) in [7, 11) is 1.48. The molecular weight excluding hydrogens is 305 g/mol. The second-order valence-corrected chi connectivity index (χ2v) is 6.86. The molecule has 0 aliphatic carbocycles. The van der Waals surface area contributed by atoms with Crippen LogP contribution in [0.2, 0.25) is 0 Å². The average Bonchev–Trinajstić information content (AvgIpc) is 2.91. The fourth-order valence-electron chi connectivity index (χ4n) is 4.62. The van der Waals surface area contributed by atoms with E-state index in [4.69, 9.17) is 4.74 Å². The van der Waals surface area contributed by atoms with Gasteiger partial charge in [-0.2, -0.15) is 0 Å². The van der Waals surface area contributed by atoms with E-state index in [1.165, 1.54) is 31.2 Å². The number of carbonyl (C=O) groups is 1. The molecule has 0 N–H and O–H groups in total. The number of fused-ring (bicyclic) bond motifs is 1. The van der Waals surface area contributed by atoms with Gasteiger partial charge < -0.3 is 4.74 Å². The average molecular weight is 325 g/mol. The molecule has 124 valence electrons. The Morgan fingerprint density at radius 3 is 2.88 bits per heavy atom. The summed E-state index contributed by atoms with van der Waals surface area (Å²) in [5, 5.41) is 0. The standard InChI is InChI=1S/C20H20FNO2/c1-24-20(23)19-17-11-16-9-10-18(19)22(16)12-14(17)4-2-3-13-5-7-15(21)8-6-13/h4-8,16-19H,9-12H2,1H3/b14-4+. The Bertz CT molecular complexity index is 743. The Labute approximate surface area is 141 Å². The van der Waals surface area contributed by atoms with Crippen molar-refractivity contribution in [2.24, 2.45) is 11.8 Å². The molecule has 4 aliphatic rings. The SMILES string of the molecule is COC(=O)C1C2CC3CCC1N3C/C2=C\C#Cc1ccc(F)cc1. The summed E-state index contributed by atoms with van der Waals surface area (Å²) < 4.78 is 18.0. The molecule has 4 bridgehead atoms. The fourth-order valence-corrected chi connectivity index (χ4v) is 4.62. The van der Waals surface area contributed by atoms with Crippen LogP contribution >= 0.6 is 0 Å². The molecule has 4 fully saturated rings. The number of esters is 1. The zero-order valence-electron chi connectivity index (χ0n) is 13.7. The molecule has 4 heterocycles. The third kappa shape index (κ3) is 2.53. The number of carbonyl (C=O) groups excluding carboxylic acids is 1. The van der Waals surface area contributed by atoms with Crippen molar-refractivity contribution in [3.8, 4) is 11.8 Å². The number of rotatable bonds is 1. The van der Waals surface area contributed by atoms with Gasteiger partial charge in [-0.1, -0.05) is 11.8 Å². The van der Waals surface area contributed by atoms with Gasteiger partial charge in [-0.15, -0.1) is 0 Å². The van der Waals surface area contributed by atoms with Crippen molar-refractivity contribution in [2.75, 3.05) is 13.7 Å². The van der Waals surface area contributed by atoms with Crippen LogP contribution in [0.15, 0.2) is 35.9 Å². The topological polar surface area (TPSA) is 29.5 Å². The van der Waals surface area contributed by atoms with E-state index in [-0.39, 0.29) is 23.6 Å². The molecule has 1 aromatic rings. The van der Waals surface area contributed by atoms with Crippen molar-refractivity contribution in [1.82, 2.24) is 4.90 Å². The highest BCUT2D eigenvalue weighted by molar-refractivity contribution is 5.75. The number of piperidine rings is 3. The van der Waals surface area contributed by atoms with Crippen molar-refractivity contribution < 1.29 is 13.9 Å². The van der Waals surface area contributed by atoms with E-state index < -0.39 is 0 Å². The van der Waals surface area contributed by atoms with E-state index in [0.29, 0.717) is 12.1 Å². The number of hydrogen-bond acceptors (Lipinski definition) is 3. The number of allylic oxidation sites excluding steroid dienone is 1. The van der Waals surface area contributed by atoms with Crippen molar-refractivity contribution in [3.63, 3.8) is 0 Å². The van der Waals surface area contributed by atoms with Crippen LogP contribution in [0.25, 0.3) is 0 Å². The van der Waals surface area contributed by atoms with Crippen LogP contribution in [0.4, 0.5) is 4.39 Å². The van der Waals surface area contributed by atoms with Crippen molar-refractivity contribution in [1.29, 1.82) is 0 Å². The van der Waals surface area contributed by atoms with E-state index in [1.54, 1.807) is 12.1 Å². The Hall–Kier alpha value is -2.12. The normalized spacial score (nSPS) is 34.8. The van der Waals surface area contributed by atoms with E-state index in [0.717, 1.165) is 24.9 Å². The van der Waals surface area contributed by atoms with E-state index in [9.17, 15) is 9.18 Å². The lowest BCUT2D eigenvalue weighted by atomic mass is 9.71. The molecule has 4 aliphatic heterocycles. The monoisotopic (exact) mass is 325 g/mol. The molecule has 1 aromatic carbocycles. The number of methoxy groups -OCH3 is 1. The molecule has 3 nitrogen and oxygen atoms in total. The lowest BCUT2D eigenvalue weighted by Crippen LogP contribution is -2.58. The van der Waals surface area contributed by atoms with Gasteiger partial charge in [0.1, 0.15) is 5.82 Å². The maximum atomic E-state index is 12.9. The summed E-state index contributed by atoms with van der Waals surface area (Å²) in [5.74, 6) is 5.99. The van der Waals surface area contributed by atoms with Gasteiger partial charge in [0.05, 0.1) is 13.0 Å². The van der Waals surface area contributed by atoms with Crippen molar-refractivity contribution in [3.05, 3.63) is 47.3 Å². The summed E-state index contributed by atoms with van der Waals surface area (Å²) >= 11 is 0. The van der Waals surface area contributed by atoms with Gasteiger partial charge >= 0.3 is 5.97 Å². The minimum Gasteiger partial charge on any atom is -0.469 e. The van der Waals surface area contributed by atoms with Crippen LogP contribution in [-0.4, -0.2) is 36.6 Å². The lowest BCUT2D eigenvalue weighted by Gasteiger charge is -2.50. The van der Waals surface area contributed by atoms with Crippen molar-refractivity contribution in [2.45, 2.75) is 31.3 Å². The minimum absolute atomic E-state index is 0.0543. The summed E-state index contributed by atoms with van der Waals surface area (Å²) in [6.07, 6.45) is 5.26. The minimum atomic E-state index is -0.257. The number of halogens is 1. The molecule has 0 aromatic heterocycles. The first-order valence-electron chi connectivity index (χ1n) is 8.47. The second kappa shape index (κ2) is 6.07. The first-order chi connectivity index (χ1) is 11.7. The Kier molecular flexibility index (Phi) is 3.90. The van der Waals surface area contributed by atoms with Crippen molar-refractivity contribution >= 4 is 5.97 Å². The smallest absolute Gasteiger partial charge is 0.310 e. The molecule has 0 saturated carbocycles. The van der Waals surface area contributed by atoms with Gasteiger partial charge in [0.15, 0.2) is 0 Å². The molecule has 0 spiro atoms. The van der Waals surface area contributed by atoms with Crippen LogP contribution in [0.1, 0.15) is 24.8 Å². The van der Waals surface area contributed by atoms with Crippen LogP contribution in [0, 0.1) is 29.5 Å². The molecule has 5 rings (SSSR count). The summed E-state index contributed by atoms with van der Waals surface area (Å²) in [4.78, 5) is 14.7. The maximum Gasteiger partial charge on any atom is 0.310 e. The number of nitrogens with zero attached hydrogens (tertiary/aromatic N) is 1. The second-order valence-electron chi connectivity index (χ2n) is 6.86. The molecule has 4 heteroatoms. The Balaban J connectivity index is 1.58. The molecule has 4 saturated heterocycles. The van der Waals surface area contributed by atoms with Gasteiger partial charge in [0.2, 0.25) is 0 Å². The highest BCUT2D eigenvalue weighted by atomic mass is 19.1. The number of ether oxygens (including phenoxy) is 1. The van der Waals surface area contributed by atoms with Gasteiger partial charge in [-0.05, 0) is 61.1 Å². The highest BCUT2D eigenvalue weighted by Crippen LogP contribution is 2.50. The molecule has 5 atom stereocenters. The summed E-state index contributed by atoms with van der Waals surface area (Å²) in [6.45, 7) is 0.908. The highest BCUT2D eigenvalue weighted by Gasteiger charge is 2.55.